The molecular weight excluding hydrogens is 380 g/mol. The molecule has 0 atom stereocenters. The predicted octanol–water partition coefficient (Wildman–Crippen LogP) is 4.03. The van der Waals surface area contributed by atoms with E-state index in [1.165, 1.54) is 68.6 Å². The van der Waals surface area contributed by atoms with Gasteiger partial charge in [-0.15, -0.1) is 11.3 Å². The van der Waals surface area contributed by atoms with Crippen LogP contribution in [0.15, 0.2) is 0 Å². The van der Waals surface area contributed by atoms with E-state index in [1.54, 1.807) is 11.3 Å². The Kier molecular flexibility index (Phi) is 7.23. The van der Waals surface area contributed by atoms with Crippen molar-refractivity contribution in [3.05, 3.63) is 16.0 Å². The molecule has 29 heavy (non-hydrogen) atoms. The summed E-state index contributed by atoms with van der Waals surface area (Å²) in [5, 5.41) is 13.3. The van der Waals surface area contributed by atoms with Crippen LogP contribution in [-0.2, 0) is 17.6 Å². The number of amides is 1. The van der Waals surface area contributed by atoms with Crippen molar-refractivity contribution >= 4 is 22.2 Å². The number of anilines is 1. The first-order chi connectivity index (χ1) is 14.2. The Labute approximate surface area is 179 Å². The molecule has 2 saturated heterocycles. The summed E-state index contributed by atoms with van der Waals surface area (Å²) in [6.07, 6.45) is 11.8. The molecule has 0 spiro atoms. The zero-order chi connectivity index (χ0) is 20.1. The van der Waals surface area contributed by atoms with Gasteiger partial charge in [-0.25, -0.2) is 0 Å². The summed E-state index contributed by atoms with van der Waals surface area (Å²) < 4.78 is 0. The Morgan fingerprint density at radius 1 is 1.03 bits per heavy atom. The number of carbonyl (C=O) groups is 1. The number of hydrogen-bond acceptors (Lipinski definition) is 5. The molecule has 1 aliphatic carbocycles. The molecule has 0 radical (unpaired) electrons. The van der Waals surface area contributed by atoms with Crippen LogP contribution in [0, 0.1) is 17.2 Å². The van der Waals surface area contributed by atoms with Crippen LogP contribution in [-0.4, -0.2) is 55.0 Å². The van der Waals surface area contributed by atoms with Crippen LogP contribution in [0.4, 0.5) is 5.00 Å². The van der Waals surface area contributed by atoms with Gasteiger partial charge in [0.2, 0.25) is 5.91 Å². The Morgan fingerprint density at radius 2 is 1.79 bits per heavy atom. The highest BCUT2D eigenvalue weighted by Gasteiger charge is 2.24. The lowest BCUT2D eigenvalue weighted by Gasteiger charge is -2.34. The van der Waals surface area contributed by atoms with E-state index < -0.39 is 0 Å². The Balaban J connectivity index is 1.18. The number of aryl methyl sites for hydroxylation is 1. The van der Waals surface area contributed by atoms with Gasteiger partial charge in [0.25, 0.3) is 0 Å². The van der Waals surface area contributed by atoms with E-state index in [4.69, 9.17) is 0 Å². The fourth-order valence-corrected chi connectivity index (χ4v) is 6.39. The summed E-state index contributed by atoms with van der Waals surface area (Å²) in [6, 6.07) is 2.31. The van der Waals surface area contributed by atoms with Crippen molar-refractivity contribution in [2.75, 3.05) is 44.6 Å². The molecule has 1 amide bonds. The number of carbonyl (C=O) groups excluding carboxylic acids is 1. The van der Waals surface area contributed by atoms with Gasteiger partial charge in [0.1, 0.15) is 11.1 Å². The van der Waals surface area contributed by atoms with E-state index in [0.29, 0.717) is 12.0 Å². The lowest BCUT2D eigenvalue weighted by atomic mass is 9.96. The van der Waals surface area contributed by atoms with Gasteiger partial charge in [0.15, 0.2) is 0 Å². The molecule has 1 aromatic heterocycles. The Morgan fingerprint density at radius 3 is 2.52 bits per heavy atom. The van der Waals surface area contributed by atoms with Crippen LogP contribution in [0.2, 0.25) is 0 Å². The normalized spacial score (nSPS) is 21.5. The maximum absolute atomic E-state index is 12.5. The SMILES string of the molecule is N#Cc1c(NC(=O)CCN2CCC(CN3CCCCCC3)CC2)sc2c1CCC2. The van der Waals surface area contributed by atoms with Crippen molar-refractivity contribution in [3.63, 3.8) is 0 Å². The van der Waals surface area contributed by atoms with Crippen LogP contribution in [0.3, 0.4) is 0 Å². The number of nitrogens with zero attached hydrogens (tertiary/aromatic N) is 3. The topological polar surface area (TPSA) is 59.4 Å². The second-order valence-electron chi connectivity index (χ2n) is 8.97. The second-order valence-corrected chi connectivity index (χ2v) is 10.1. The van der Waals surface area contributed by atoms with Gasteiger partial charge in [-0.1, -0.05) is 12.8 Å². The van der Waals surface area contributed by atoms with Crippen molar-refractivity contribution in [2.24, 2.45) is 5.92 Å². The molecule has 3 aliphatic rings. The van der Waals surface area contributed by atoms with Crippen LogP contribution < -0.4 is 5.32 Å². The predicted molar refractivity (Wildman–Crippen MR) is 118 cm³/mol. The average Bonchev–Trinajstić information content (AvgIpc) is 3.19. The number of nitriles is 1. The van der Waals surface area contributed by atoms with Gasteiger partial charge in [0.05, 0.1) is 5.56 Å². The van der Waals surface area contributed by atoms with Gasteiger partial charge in [0, 0.05) is 24.4 Å². The minimum Gasteiger partial charge on any atom is -0.317 e. The molecule has 3 heterocycles. The Bertz CT molecular complexity index is 737. The van der Waals surface area contributed by atoms with Gasteiger partial charge in [-0.2, -0.15) is 5.26 Å². The number of fused-ring (bicyclic) bond motifs is 1. The fraction of sp³-hybridized carbons (Fsp3) is 0.739. The number of thiophene rings is 1. The lowest BCUT2D eigenvalue weighted by Crippen LogP contribution is -2.40. The van der Waals surface area contributed by atoms with E-state index in [1.807, 2.05) is 0 Å². The van der Waals surface area contributed by atoms with Crippen LogP contribution in [0.5, 0.6) is 0 Å². The van der Waals surface area contributed by atoms with Crippen LogP contribution >= 0.6 is 11.3 Å². The smallest absolute Gasteiger partial charge is 0.226 e. The minimum atomic E-state index is 0.0492. The molecule has 2 aliphatic heterocycles. The summed E-state index contributed by atoms with van der Waals surface area (Å²) in [6.45, 7) is 6.91. The van der Waals surface area contributed by atoms with Crippen molar-refractivity contribution in [3.8, 4) is 6.07 Å². The highest BCUT2D eigenvalue weighted by Crippen LogP contribution is 2.38. The third-order valence-electron chi connectivity index (χ3n) is 6.86. The molecule has 5 nitrogen and oxygen atoms in total. The fourth-order valence-electron chi connectivity index (χ4n) is 5.14. The molecule has 0 bridgehead atoms. The third-order valence-corrected chi connectivity index (χ3v) is 8.07. The number of likely N-dealkylation sites (tertiary alicyclic amines) is 2. The summed E-state index contributed by atoms with van der Waals surface area (Å²) in [5.74, 6) is 0.873. The third kappa shape index (κ3) is 5.39. The van der Waals surface area contributed by atoms with E-state index in [-0.39, 0.29) is 5.91 Å². The molecular formula is C23H34N4OS. The van der Waals surface area contributed by atoms with Crippen molar-refractivity contribution < 1.29 is 4.79 Å². The zero-order valence-electron chi connectivity index (χ0n) is 17.5. The molecule has 0 saturated carbocycles. The maximum atomic E-state index is 12.5. The molecule has 4 rings (SSSR count). The second kappa shape index (κ2) is 10.1. The Hall–Kier alpha value is -1.42. The largest absolute Gasteiger partial charge is 0.317 e. The minimum absolute atomic E-state index is 0.0492. The lowest BCUT2D eigenvalue weighted by molar-refractivity contribution is -0.116. The number of piperidine rings is 1. The summed E-state index contributed by atoms with van der Waals surface area (Å²) >= 11 is 1.61. The monoisotopic (exact) mass is 414 g/mol. The quantitative estimate of drug-likeness (QED) is 0.764. The van der Waals surface area contributed by atoms with Gasteiger partial charge in [-0.3, -0.25) is 4.79 Å². The standard InChI is InChI=1S/C23H34N4OS/c24-16-20-19-6-5-7-21(19)29-23(20)25-22(28)10-15-26-13-8-18(9-14-26)17-27-11-3-1-2-4-12-27/h18H,1-15,17H2,(H,25,28). The molecule has 1 aromatic rings. The molecule has 2 fully saturated rings. The van der Waals surface area contributed by atoms with E-state index in [0.717, 1.165) is 49.8 Å². The summed E-state index contributed by atoms with van der Waals surface area (Å²) in [5.41, 5.74) is 1.89. The number of hydrogen-bond donors (Lipinski definition) is 1. The molecule has 1 N–H and O–H groups in total. The first-order valence-electron chi connectivity index (χ1n) is 11.5. The van der Waals surface area contributed by atoms with Gasteiger partial charge in [-0.05, 0) is 82.6 Å². The van der Waals surface area contributed by atoms with E-state index in [2.05, 4.69) is 21.2 Å². The van der Waals surface area contributed by atoms with E-state index in [9.17, 15) is 10.1 Å². The first-order valence-corrected chi connectivity index (χ1v) is 12.3. The highest BCUT2D eigenvalue weighted by molar-refractivity contribution is 7.16. The maximum Gasteiger partial charge on any atom is 0.226 e. The number of nitrogens with one attached hydrogen (secondary N) is 1. The van der Waals surface area contributed by atoms with Gasteiger partial charge >= 0.3 is 0 Å². The summed E-state index contributed by atoms with van der Waals surface area (Å²) in [7, 11) is 0. The number of rotatable bonds is 6. The average molecular weight is 415 g/mol. The summed E-state index contributed by atoms with van der Waals surface area (Å²) in [4.78, 5) is 18.9. The zero-order valence-corrected chi connectivity index (χ0v) is 18.4. The van der Waals surface area contributed by atoms with Crippen LogP contribution in [0.1, 0.15) is 67.4 Å². The van der Waals surface area contributed by atoms with E-state index >= 15 is 0 Å². The molecule has 158 valence electrons. The molecule has 6 heteroatoms. The van der Waals surface area contributed by atoms with Crippen molar-refractivity contribution in [2.45, 2.75) is 64.2 Å². The highest BCUT2D eigenvalue weighted by atomic mass is 32.1. The van der Waals surface area contributed by atoms with Crippen molar-refractivity contribution in [1.82, 2.24) is 9.80 Å². The molecule has 0 unspecified atom stereocenters. The molecule has 0 aromatic carbocycles. The first kappa shape index (κ1) is 20.8. The van der Waals surface area contributed by atoms with Gasteiger partial charge < -0.3 is 15.1 Å². The van der Waals surface area contributed by atoms with Crippen molar-refractivity contribution in [1.29, 1.82) is 5.26 Å². The van der Waals surface area contributed by atoms with Crippen LogP contribution in [0.25, 0.3) is 0 Å².